The highest BCUT2D eigenvalue weighted by molar-refractivity contribution is 5.98. The van der Waals surface area contributed by atoms with Gasteiger partial charge in [-0.2, -0.15) is 0 Å². The second kappa shape index (κ2) is 12.2. The van der Waals surface area contributed by atoms with Crippen LogP contribution in [0, 0.1) is 0 Å². The highest BCUT2D eigenvalue weighted by Crippen LogP contribution is 2.17. The Bertz CT molecular complexity index is 808. The zero-order valence-corrected chi connectivity index (χ0v) is 16.5. The van der Waals surface area contributed by atoms with Crippen LogP contribution in [0.1, 0.15) is 29.3 Å². The molecule has 2 N–H and O–H groups in total. The summed E-state index contributed by atoms with van der Waals surface area (Å²) in [5, 5.41) is 5.17. The van der Waals surface area contributed by atoms with Gasteiger partial charge in [-0.3, -0.25) is 14.4 Å². The Hall–Kier alpha value is -3.35. The van der Waals surface area contributed by atoms with Crippen molar-refractivity contribution < 1.29 is 23.9 Å². The average Bonchev–Trinajstić information content (AvgIpc) is 2.75. The fourth-order valence-corrected chi connectivity index (χ4v) is 2.60. The van der Waals surface area contributed by atoms with Crippen LogP contribution in [0.25, 0.3) is 0 Å². The van der Waals surface area contributed by atoms with Gasteiger partial charge in [0.1, 0.15) is 12.3 Å². The topological polar surface area (TPSA) is 93.7 Å². The number of carbonyl (C=O) groups excluding carboxylic acids is 3. The van der Waals surface area contributed by atoms with Gasteiger partial charge in [0.15, 0.2) is 6.61 Å². The van der Waals surface area contributed by atoms with E-state index in [9.17, 15) is 14.4 Å². The van der Waals surface area contributed by atoms with Crippen LogP contribution in [-0.4, -0.2) is 44.1 Å². The lowest BCUT2D eigenvalue weighted by atomic mass is 10.1. The first kappa shape index (κ1) is 21.9. The lowest BCUT2D eigenvalue weighted by Gasteiger charge is -2.10. The maximum absolute atomic E-state index is 12.2. The Morgan fingerprint density at radius 3 is 2.41 bits per heavy atom. The number of amides is 2. The molecule has 2 amide bonds. The quantitative estimate of drug-likeness (QED) is 0.447. The van der Waals surface area contributed by atoms with E-state index in [4.69, 9.17) is 9.47 Å². The summed E-state index contributed by atoms with van der Waals surface area (Å²) in [4.78, 5) is 35.7. The van der Waals surface area contributed by atoms with Crippen molar-refractivity contribution in [1.29, 1.82) is 0 Å². The number of hydrogen-bond donors (Lipinski definition) is 2. The molecule has 29 heavy (non-hydrogen) atoms. The molecular formula is C22H26N2O5. The maximum Gasteiger partial charge on any atom is 0.325 e. The van der Waals surface area contributed by atoms with E-state index in [1.54, 1.807) is 24.3 Å². The molecule has 0 fully saturated rings. The fraction of sp³-hybridized carbons (Fsp3) is 0.318. The number of rotatable bonds is 11. The van der Waals surface area contributed by atoms with Crippen LogP contribution in [0.3, 0.4) is 0 Å². The molecule has 7 nitrogen and oxygen atoms in total. The number of para-hydroxylation sites is 1. The third kappa shape index (κ3) is 8.04. The normalized spacial score (nSPS) is 10.1. The van der Waals surface area contributed by atoms with E-state index in [-0.39, 0.29) is 19.1 Å². The molecule has 2 aromatic rings. The second-order valence-electron chi connectivity index (χ2n) is 6.21. The lowest BCUT2D eigenvalue weighted by molar-refractivity contribution is -0.147. The van der Waals surface area contributed by atoms with Gasteiger partial charge in [-0.1, -0.05) is 42.5 Å². The van der Waals surface area contributed by atoms with Crippen LogP contribution in [0.5, 0.6) is 5.75 Å². The highest BCUT2D eigenvalue weighted by atomic mass is 16.5. The molecule has 154 valence electrons. The molecule has 0 unspecified atom stereocenters. The number of aryl methyl sites for hydroxylation is 1. The number of nitrogens with one attached hydrogen (secondary N) is 2. The Labute approximate surface area is 170 Å². The monoisotopic (exact) mass is 398 g/mol. The Kier molecular flexibility index (Phi) is 9.21. The summed E-state index contributed by atoms with van der Waals surface area (Å²) in [5.41, 5.74) is 1.54. The van der Waals surface area contributed by atoms with Crippen molar-refractivity contribution in [2.45, 2.75) is 19.8 Å². The van der Waals surface area contributed by atoms with Gasteiger partial charge in [0.05, 0.1) is 12.2 Å². The van der Waals surface area contributed by atoms with E-state index < -0.39 is 11.9 Å². The first-order valence-corrected chi connectivity index (χ1v) is 9.56. The van der Waals surface area contributed by atoms with Gasteiger partial charge in [0.25, 0.3) is 11.8 Å². The average molecular weight is 398 g/mol. The summed E-state index contributed by atoms with van der Waals surface area (Å²) in [6.45, 7) is 2.03. The Morgan fingerprint density at radius 1 is 0.931 bits per heavy atom. The zero-order chi connectivity index (χ0) is 20.9. The summed E-state index contributed by atoms with van der Waals surface area (Å²) in [5.74, 6) is -1.07. The molecule has 0 aromatic heterocycles. The molecule has 0 aliphatic rings. The number of hydrogen-bond acceptors (Lipinski definition) is 5. The smallest absolute Gasteiger partial charge is 0.325 e. The van der Waals surface area contributed by atoms with Gasteiger partial charge in [-0.05, 0) is 37.5 Å². The minimum Gasteiger partial charge on any atom is -0.493 e. The van der Waals surface area contributed by atoms with Crippen molar-refractivity contribution in [3.63, 3.8) is 0 Å². The molecule has 0 aliphatic carbocycles. The number of benzene rings is 2. The third-order valence-electron chi connectivity index (χ3n) is 4.00. The van der Waals surface area contributed by atoms with Crippen molar-refractivity contribution >= 4 is 17.8 Å². The lowest BCUT2D eigenvalue weighted by Crippen LogP contribution is -2.34. The van der Waals surface area contributed by atoms with Gasteiger partial charge in [0.2, 0.25) is 0 Å². The summed E-state index contributed by atoms with van der Waals surface area (Å²) in [7, 11) is 0. The third-order valence-corrected chi connectivity index (χ3v) is 4.00. The zero-order valence-electron chi connectivity index (χ0n) is 16.5. The van der Waals surface area contributed by atoms with Crippen molar-refractivity contribution in [2.75, 3.05) is 26.3 Å². The largest absolute Gasteiger partial charge is 0.493 e. The SMILES string of the molecule is CCOc1ccccc1C(=O)NCC(=O)OCC(=O)NCCCc1ccccc1. The van der Waals surface area contributed by atoms with E-state index in [0.717, 1.165) is 12.8 Å². The van der Waals surface area contributed by atoms with Crippen molar-refractivity contribution in [2.24, 2.45) is 0 Å². The molecule has 0 bridgehead atoms. The second-order valence-corrected chi connectivity index (χ2v) is 6.21. The van der Waals surface area contributed by atoms with Gasteiger partial charge in [0, 0.05) is 6.54 Å². The van der Waals surface area contributed by atoms with Gasteiger partial charge in [-0.25, -0.2) is 0 Å². The predicted molar refractivity (Wildman–Crippen MR) is 109 cm³/mol. The van der Waals surface area contributed by atoms with Crippen molar-refractivity contribution in [3.05, 3.63) is 65.7 Å². The van der Waals surface area contributed by atoms with Crippen molar-refractivity contribution in [3.8, 4) is 5.75 Å². The Morgan fingerprint density at radius 2 is 1.66 bits per heavy atom. The standard InChI is InChI=1S/C22H26N2O5/c1-2-28-19-13-7-6-12-18(19)22(27)24-15-21(26)29-16-20(25)23-14-8-11-17-9-4-3-5-10-17/h3-7,9-10,12-13H,2,8,11,14-16H2,1H3,(H,23,25)(H,24,27). The van der Waals surface area contributed by atoms with Crippen LogP contribution in [0.4, 0.5) is 0 Å². The van der Waals surface area contributed by atoms with Crippen LogP contribution < -0.4 is 15.4 Å². The predicted octanol–water partition coefficient (Wildman–Crippen LogP) is 2.11. The van der Waals surface area contributed by atoms with E-state index in [1.807, 2.05) is 37.3 Å². The first-order chi connectivity index (χ1) is 14.1. The molecule has 0 saturated carbocycles. The summed E-state index contributed by atoms with van der Waals surface area (Å²) in [6.07, 6.45) is 1.65. The molecule has 0 spiro atoms. The van der Waals surface area contributed by atoms with Gasteiger partial charge >= 0.3 is 5.97 Å². The van der Waals surface area contributed by atoms with E-state index in [1.165, 1.54) is 5.56 Å². The van der Waals surface area contributed by atoms with E-state index in [0.29, 0.717) is 24.5 Å². The fourth-order valence-electron chi connectivity index (χ4n) is 2.60. The molecule has 7 heteroatoms. The highest BCUT2D eigenvalue weighted by Gasteiger charge is 2.14. The number of carbonyl (C=O) groups is 3. The molecule has 2 rings (SSSR count). The van der Waals surface area contributed by atoms with Gasteiger partial charge < -0.3 is 20.1 Å². The molecule has 0 radical (unpaired) electrons. The summed E-state index contributed by atoms with van der Waals surface area (Å²) in [6, 6.07) is 16.7. The minimum absolute atomic E-state index is 0.332. The maximum atomic E-state index is 12.2. The molecule has 0 heterocycles. The summed E-state index contributed by atoms with van der Waals surface area (Å²) >= 11 is 0. The number of esters is 1. The van der Waals surface area contributed by atoms with Crippen LogP contribution in [-0.2, 0) is 20.7 Å². The number of ether oxygens (including phenoxy) is 2. The molecular weight excluding hydrogens is 372 g/mol. The minimum atomic E-state index is -0.688. The molecule has 2 aromatic carbocycles. The van der Waals surface area contributed by atoms with Crippen LogP contribution in [0.15, 0.2) is 54.6 Å². The van der Waals surface area contributed by atoms with E-state index >= 15 is 0 Å². The van der Waals surface area contributed by atoms with E-state index in [2.05, 4.69) is 10.6 Å². The first-order valence-electron chi connectivity index (χ1n) is 9.56. The van der Waals surface area contributed by atoms with Crippen LogP contribution >= 0.6 is 0 Å². The summed E-state index contributed by atoms with van der Waals surface area (Å²) < 4.78 is 10.3. The van der Waals surface area contributed by atoms with Gasteiger partial charge in [-0.15, -0.1) is 0 Å². The Balaban J connectivity index is 1.62. The molecule has 0 saturated heterocycles. The van der Waals surface area contributed by atoms with Crippen molar-refractivity contribution in [1.82, 2.24) is 10.6 Å². The molecule has 0 atom stereocenters. The van der Waals surface area contributed by atoms with Crippen LogP contribution in [0.2, 0.25) is 0 Å². The molecule has 0 aliphatic heterocycles.